The molecule has 1 aliphatic heterocycles. The lowest BCUT2D eigenvalue weighted by Crippen LogP contribution is -2.06. The molecule has 5 heteroatoms. The Morgan fingerprint density at radius 2 is 1.72 bits per heavy atom. The Balaban J connectivity index is 1.76. The summed E-state index contributed by atoms with van der Waals surface area (Å²) < 4.78 is 10.7. The number of rotatable bonds is 2. The summed E-state index contributed by atoms with van der Waals surface area (Å²) in [7, 11) is 0. The Morgan fingerprint density at radius 1 is 0.960 bits per heavy atom. The van der Waals surface area contributed by atoms with Gasteiger partial charge in [0.15, 0.2) is 5.43 Å². The molecule has 4 rings (SSSR count). The van der Waals surface area contributed by atoms with Crippen molar-refractivity contribution < 1.29 is 13.9 Å². The maximum Gasteiger partial charge on any atom is 0.343 e. The molecule has 0 bridgehead atoms. The van der Waals surface area contributed by atoms with Crippen LogP contribution in [0.15, 0.2) is 75.7 Å². The molecule has 0 amide bonds. The van der Waals surface area contributed by atoms with Gasteiger partial charge in [0.2, 0.25) is 0 Å². The van der Waals surface area contributed by atoms with Crippen molar-refractivity contribution in [3.8, 4) is 0 Å². The molecule has 0 saturated heterocycles. The van der Waals surface area contributed by atoms with Crippen molar-refractivity contribution in [3.05, 3.63) is 92.8 Å². The van der Waals surface area contributed by atoms with Gasteiger partial charge in [-0.3, -0.25) is 4.79 Å². The molecule has 25 heavy (non-hydrogen) atoms. The maximum absolute atomic E-state index is 12.5. The van der Waals surface area contributed by atoms with Crippen LogP contribution in [0.25, 0.3) is 22.8 Å². The van der Waals surface area contributed by atoms with E-state index >= 15 is 0 Å². The van der Waals surface area contributed by atoms with Crippen LogP contribution in [0, 0.1) is 0 Å². The van der Waals surface area contributed by atoms with Crippen LogP contribution in [0.1, 0.15) is 11.1 Å². The largest absolute Gasteiger partial charge is 0.463 e. The molecule has 0 N–H and O–H groups in total. The highest BCUT2D eigenvalue weighted by molar-refractivity contribution is 6.30. The number of hydrogen-bond donors (Lipinski definition) is 0. The van der Waals surface area contributed by atoms with Crippen molar-refractivity contribution in [2.75, 3.05) is 0 Å². The quantitative estimate of drug-likeness (QED) is 0.507. The van der Waals surface area contributed by atoms with E-state index in [1.165, 1.54) is 12.3 Å². The maximum atomic E-state index is 12.5. The van der Waals surface area contributed by atoms with Crippen molar-refractivity contribution in [2.24, 2.45) is 0 Å². The average Bonchev–Trinajstić information content (AvgIpc) is 2.99. The third kappa shape index (κ3) is 2.88. The van der Waals surface area contributed by atoms with Gasteiger partial charge in [-0.25, -0.2) is 4.79 Å². The second-order valence-electron chi connectivity index (χ2n) is 5.52. The van der Waals surface area contributed by atoms with Crippen molar-refractivity contribution in [2.45, 2.75) is 0 Å². The zero-order valence-corrected chi connectivity index (χ0v) is 13.6. The Morgan fingerprint density at radius 3 is 2.52 bits per heavy atom. The van der Waals surface area contributed by atoms with Crippen LogP contribution < -0.4 is 5.43 Å². The van der Waals surface area contributed by atoms with Gasteiger partial charge < -0.3 is 9.15 Å². The Bertz CT molecular complexity index is 1100. The molecule has 0 unspecified atom stereocenters. The minimum absolute atomic E-state index is 0.199. The predicted molar refractivity (Wildman–Crippen MR) is 96.0 cm³/mol. The van der Waals surface area contributed by atoms with Crippen LogP contribution in [-0.4, -0.2) is 5.97 Å². The fraction of sp³-hybridized carbons (Fsp3) is 0. The summed E-state index contributed by atoms with van der Waals surface area (Å²) in [5.74, 6) is -0.101. The number of ether oxygens (including phenoxy) is 1. The van der Waals surface area contributed by atoms with Gasteiger partial charge >= 0.3 is 5.97 Å². The van der Waals surface area contributed by atoms with Crippen LogP contribution in [0.4, 0.5) is 0 Å². The lowest BCUT2D eigenvalue weighted by atomic mass is 10.1. The number of cyclic esters (lactones) is 1. The van der Waals surface area contributed by atoms with Crippen molar-refractivity contribution in [1.29, 1.82) is 0 Å². The summed E-state index contributed by atoms with van der Waals surface area (Å²) in [5.41, 5.74) is 1.61. The van der Waals surface area contributed by atoms with Crippen molar-refractivity contribution in [1.82, 2.24) is 0 Å². The summed E-state index contributed by atoms with van der Waals surface area (Å²) in [6.07, 6.45) is 4.42. The van der Waals surface area contributed by atoms with Crippen LogP contribution >= 0.6 is 11.6 Å². The lowest BCUT2D eigenvalue weighted by Gasteiger charge is -2.01. The second-order valence-corrected chi connectivity index (χ2v) is 5.96. The van der Waals surface area contributed by atoms with Gasteiger partial charge in [0.25, 0.3) is 0 Å². The summed E-state index contributed by atoms with van der Waals surface area (Å²) in [4.78, 5) is 24.6. The third-order valence-electron chi connectivity index (χ3n) is 3.87. The van der Waals surface area contributed by atoms with E-state index in [1.807, 2.05) is 0 Å². The lowest BCUT2D eigenvalue weighted by molar-refractivity contribution is -0.130. The molecule has 0 atom stereocenters. The molecule has 1 aliphatic rings. The van der Waals surface area contributed by atoms with Crippen molar-refractivity contribution in [3.63, 3.8) is 0 Å². The minimum Gasteiger partial charge on any atom is -0.463 e. The van der Waals surface area contributed by atoms with E-state index in [0.717, 1.165) is 5.56 Å². The van der Waals surface area contributed by atoms with Crippen molar-refractivity contribution >= 4 is 40.4 Å². The number of benzene rings is 2. The molecule has 1 aromatic heterocycles. The first-order chi connectivity index (χ1) is 12.1. The number of halogens is 1. The number of esters is 1. The first-order valence-electron chi connectivity index (χ1n) is 7.54. The SMILES string of the molecule is O=C1OC(c2ccc(Cl)cc2)=C/C1=C\c1coc2ccccc2c1=O. The molecule has 0 fully saturated rings. The first-order valence-corrected chi connectivity index (χ1v) is 7.92. The smallest absolute Gasteiger partial charge is 0.343 e. The number of fused-ring (bicyclic) bond motifs is 1. The summed E-state index contributed by atoms with van der Waals surface area (Å²) in [6, 6.07) is 13.9. The number of para-hydroxylation sites is 1. The standard InChI is InChI=1S/C20H11ClO4/c21-15-7-5-12(6-8-15)18-10-13(20(23)25-18)9-14-11-24-17-4-2-1-3-16(17)19(14)22/h1-11H/b13-9+. The van der Waals surface area contributed by atoms with Crippen LogP contribution in [-0.2, 0) is 9.53 Å². The zero-order chi connectivity index (χ0) is 17.4. The summed E-state index contributed by atoms with van der Waals surface area (Å²) >= 11 is 5.86. The van der Waals surface area contributed by atoms with E-state index in [-0.39, 0.29) is 11.0 Å². The van der Waals surface area contributed by atoms with E-state index in [0.29, 0.717) is 27.3 Å². The normalized spacial score (nSPS) is 15.5. The average molecular weight is 351 g/mol. The number of carbonyl (C=O) groups is 1. The second kappa shape index (κ2) is 6.07. The van der Waals surface area contributed by atoms with Gasteiger partial charge in [0.1, 0.15) is 17.6 Å². The molecule has 4 nitrogen and oxygen atoms in total. The third-order valence-corrected chi connectivity index (χ3v) is 4.12. The predicted octanol–water partition coefficient (Wildman–Crippen LogP) is 4.43. The van der Waals surface area contributed by atoms with Gasteiger partial charge in [-0.05, 0) is 48.6 Å². The highest BCUT2D eigenvalue weighted by Crippen LogP contribution is 2.28. The number of carbonyl (C=O) groups excluding carboxylic acids is 1. The summed E-state index contributed by atoms with van der Waals surface area (Å²) in [6.45, 7) is 0. The molecule has 0 spiro atoms. The zero-order valence-electron chi connectivity index (χ0n) is 12.9. The topological polar surface area (TPSA) is 56.5 Å². The van der Waals surface area contributed by atoms with E-state index in [4.69, 9.17) is 20.8 Å². The van der Waals surface area contributed by atoms with Crippen LogP contribution in [0.5, 0.6) is 0 Å². The summed E-state index contributed by atoms with van der Waals surface area (Å²) in [5, 5.41) is 1.06. The fourth-order valence-electron chi connectivity index (χ4n) is 2.61. The van der Waals surface area contributed by atoms with Gasteiger partial charge in [-0.15, -0.1) is 0 Å². The van der Waals surface area contributed by atoms with E-state index in [2.05, 4.69) is 0 Å². The molecule has 0 aliphatic carbocycles. The van der Waals surface area contributed by atoms with Crippen LogP contribution in [0.3, 0.4) is 0 Å². The van der Waals surface area contributed by atoms with Gasteiger partial charge in [-0.1, -0.05) is 23.7 Å². The van der Waals surface area contributed by atoms with Gasteiger partial charge in [0, 0.05) is 10.6 Å². The molecule has 0 radical (unpaired) electrons. The van der Waals surface area contributed by atoms with Gasteiger partial charge in [0.05, 0.1) is 16.5 Å². The molecule has 122 valence electrons. The van der Waals surface area contributed by atoms with Gasteiger partial charge in [-0.2, -0.15) is 0 Å². The Kier molecular flexibility index (Phi) is 3.75. The van der Waals surface area contributed by atoms with Crippen LogP contribution in [0.2, 0.25) is 5.02 Å². The van der Waals surface area contributed by atoms with E-state index < -0.39 is 5.97 Å². The minimum atomic E-state index is -0.516. The fourth-order valence-corrected chi connectivity index (χ4v) is 2.73. The van der Waals surface area contributed by atoms with E-state index in [9.17, 15) is 9.59 Å². The number of hydrogen-bond acceptors (Lipinski definition) is 4. The molecule has 2 heterocycles. The van der Waals surface area contributed by atoms with E-state index in [1.54, 1.807) is 54.6 Å². The molecule has 2 aromatic carbocycles. The first kappa shape index (κ1) is 15.4. The Hall–Kier alpha value is -3.11. The molecular formula is C20H11ClO4. The highest BCUT2D eigenvalue weighted by atomic mass is 35.5. The molecule has 0 saturated carbocycles. The monoisotopic (exact) mass is 350 g/mol. The highest BCUT2D eigenvalue weighted by Gasteiger charge is 2.22. The Labute approximate surface area is 147 Å². The molecular weight excluding hydrogens is 340 g/mol. The molecule has 3 aromatic rings.